The van der Waals surface area contributed by atoms with E-state index >= 15 is 0 Å². The minimum Gasteiger partial charge on any atom is -0.457 e. The molecule has 1 heterocycles. The number of urea groups is 1. The molecule has 3 rings (SSSR count). The Balaban J connectivity index is 1.44. The molecular formula is C18H18N4O3. The zero-order valence-corrected chi connectivity index (χ0v) is 13.7. The minimum atomic E-state index is -0.305. The van der Waals surface area contributed by atoms with Crippen LogP contribution in [0.25, 0.3) is 0 Å². The van der Waals surface area contributed by atoms with Crippen LogP contribution in [0.4, 0.5) is 4.79 Å². The number of hydrogen-bond donors (Lipinski definition) is 2. The first-order valence-corrected chi connectivity index (χ1v) is 7.82. The second-order valence-corrected chi connectivity index (χ2v) is 5.33. The van der Waals surface area contributed by atoms with E-state index in [4.69, 9.17) is 9.26 Å². The normalized spacial score (nSPS) is 10.3. The number of aryl methyl sites for hydroxylation is 1. The van der Waals surface area contributed by atoms with E-state index < -0.39 is 0 Å². The highest BCUT2D eigenvalue weighted by Gasteiger charge is 2.05. The molecule has 7 nitrogen and oxygen atoms in total. The van der Waals surface area contributed by atoms with Gasteiger partial charge in [0.15, 0.2) is 5.82 Å². The average molecular weight is 338 g/mol. The van der Waals surface area contributed by atoms with Gasteiger partial charge in [-0.1, -0.05) is 35.5 Å². The quantitative estimate of drug-likeness (QED) is 0.720. The van der Waals surface area contributed by atoms with Crippen molar-refractivity contribution in [2.24, 2.45) is 0 Å². The lowest BCUT2D eigenvalue weighted by atomic mass is 10.2. The maximum atomic E-state index is 11.8. The number of nitrogens with zero attached hydrogens (tertiary/aromatic N) is 2. The van der Waals surface area contributed by atoms with Crippen molar-refractivity contribution in [3.63, 3.8) is 0 Å². The standard InChI is InChI=1S/C18H18N4O3/c1-13-21-17(25-22-13)12-20-18(23)19-11-14-7-9-16(10-8-14)24-15-5-3-2-4-6-15/h2-10H,11-12H2,1H3,(H2,19,20,23). The lowest BCUT2D eigenvalue weighted by Gasteiger charge is -2.08. The summed E-state index contributed by atoms with van der Waals surface area (Å²) in [5, 5.41) is 9.08. The van der Waals surface area contributed by atoms with Crippen molar-refractivity contribution < 1.29 is 14.1 Å². The predicted octanol–water partition coefficient (Wildman–Crippen LogP) is 3.17. The number of amides is 2. The fourth-order valence-corrected chi connectivity index (χ4v) is 2.11. The van der Waals surface area contributed by atoms with Crippen molar-refractivity contribution in [2.75, 3.05) is 0 Å². The number of ether oxygens (including phenoxy) is 1. The Morgan fingerprint density at radius 1 is 1.00 bits per heavy atom. The number of benzene rings is 2. The molecule has 25 heavy (non-hydrogen) atoms. The largest absolute Gasteiger partial charge is 0.457 e. The van der Waals surface area contributed by atoms with Gasteiger partial charge in [0.2, 0.25) is 5.89 Å². The van der Waals surface area contributed by atoms with Gasteiger partial charge in [0.25, 0.3) is 0 Å². The molecular weight excluding hydrogens is 320 g/mol. The zero-order chi connectivity index (χ0) is 17.5. The molecule has 0 aliphatic heterocycles. The Morgan fingerprint density at radius 2 is 1.68 bits per heavy atom. The summed E-state index contributed by atoms with van der Waals surface area (Å²) in [6, 6.07) is 16.8. The minimum absolute atomic E-state index is 0.191. The van der Waals surface area contributed by atoms with Crippen LogP contribution in [0.5, 0.6) is 11.5 Å². The van der Waals surface area contributed by atoms with Gasteiger partial charge in [-0.25, -0.2) is 4.79 Å². The number of rotatable bonds is 6. The van der Waals surface area contributed by atoms with Gasteiger partial charge >= 0.3 is 6.03 Å². The number of para-hydroxylation sites is 1. The fourth-order valence-electron chi connectivity index (χ4n) is 2.11. The number of carbonyl (C=O) groups excluding carboxylic acids is 1. The van der Waals surface area contributed by atoms with Crippen molar-refractivity contribution in [3.05, 3.63) is 71.9 Å². The number of aromatic nitrogens is 2. The summed E-state index contributed by atoms with van der Waals surface area (Å²) in [4.78, 5) is 15.8. The molecule has 0 aliphatic rings. The summed E-state index contributed by atoms with van der Waals surface area (Å²) in [7, 11) is 0. The molecule has 0 atom stereocenters. The van der Waals surface area contributed by atoms with Gasteiger partial charge in [-0.2, -0.15) is 4.98 Å². The Morgan fingerprint density at radius 3 is 2.36 bits per heavy atom. The van der Waals surface area contributed by atoms with Crippen LogP contribution >= 0.6 is 0 Å². The molecule has 0 aliphatic carbocycles. The Labute approximate surface area is 145 Å². The van der Waals surface area contributed by atoms with Crippen molar-refractivity contribution >= 4 is 6.03 Å². The summed E-state index contributed by atoms with van der Waals surface area (Å²) in [5.41, 5.74) is 0.962. The fraction of sp³-hybridized carbons (Fsp3) is 0.167. The predicted molar refractivity (Wildman–Crippen MR) is 91.1 cm³/mol. The van der Waals surface area contributed by atoms with Gasteiger partial charge < -0.3 is 19.9 Å². The average Bonchev–Trinajstić information content (AvgIpc) is 3.06. The first-order valence-electron chi connectivity index (χ1n) is 7.82. The van der Waals surface area contributed by atoms with Crippen LogP contribution in [0.15, 0.2) is 59.1 Å². The van der Waals surface area contributed by atoms with Crippen LogP contribution in [0.2, 0.25) is 0 Å². The summed E-state index contributed by atoms with van der Waals surface area (Å²) in [6.45, 7) is 2.31. The van der Waals surface area contributed by atoms with Gasteiger partial charge in [-0.05, 0) is 36.8 Å². The summed E-state index contributed by atoms with van der Waals surface area (Å²) in [6.07, 6.45) is 0. The van der Waals surface area contributed by atoms with Crippen LogP contribution in [-0.2, 0) is 13.1 Å². The molecule has 0 spiro atoms. The molecule has 128 valence electrons. The monoisotopic (exact) mass is 338 g/mol. The Hall–Kier alpha value is -3.35. The number of carbonyl (C=O) groups is 1. The SMILES string of the molecule is Cc1noc(CNC(=O)NCc2ccc(Oc3ccccc3)cc2)n1. The van der Waals surface area contributed by atoms with Gasteiger partial charge in [-0.3, -0.25) is 0 Å². The van der Waals surface area contributed by atoms with Crippen molar-refractivity contribution in [1.82, 2.24) is 20.8 Å². The lowest BCUT2D eigenvalue weighted by molar-refractivity contribution is 0.238. The molecule has 0 saturated carbocycles. The van der Waals surface area contributed by atoms with E-state index in [0.29, 0.717) is 18.3 Å². The smallest absolute Gasteiger partial charge is 0.315 e. The maximum Gasteiger partial charge on any atom is 0.315 e. The third kappa shape index (κ3) is 5.07. The van der Waals surface area contributed by atoms with Crippen LogP contribution in [-0.4, -0.2) is 16.2 Å². The summed E-state index contributed by atoms with van der Waals surface area (Å²) in [5.74, 6) is 2.43. The highest BCUT2D eigenvalue weighted by molar-refractivity contribution is 5.73. The second-order valence-electron chi connectivity index (χ2n) is 5.33. The molecule has 0 bridgehead atoms. The Bertz CT molecular complexity index is 816. The molecule has 2 aromatic carbocycles. The van der Waals surface area contributed by atoms with Crippen molar-refractivity contribution in [3.8, 4) is 11.5 Å². The molecule has 2 N–H and O–H groups in total. The van der Waals surface area contributed by atoms with Crippen LogP contribution in [0.3, 0.4) is 0 Å². The van der Waals surface area contributed by atoms with Gasteiger partial charge in [-0.15, -0.1) is 0 Å². The van der Waals surface area contributed by atoms with E-state index in [2.05, 4.69) is 20.8 Å². The van der Waals surface area contributed by atoms with E-state index in [-0.39, 0.29) is 12.6 Å². The third-order valence-electron chi connectivity index (χ3n) is 3.33. The molecule has 0 unspecified atom stereocenters. The number of nitrogens with one attached hydrogen (secondary N) is 2. The van der Waals surface area contributed by atoms with Crippen LogP contribution < -0.4 is 15.4 Å². The van der Waals surface area contributed by atoms with E-state index in [1.165, 1.54) is 0 Å². The second kappa shape index (κ2) is 7.96. The molecule has 7 heteroatoms. The Kier molecular flexibility index (Phi) is 5.26. The van der Waals surface area contributed by atoms with Crippen LogP contribution in [0.1, 0.15) is 17.3 Å². The van der Waals surface area contributed by atoms with Crippen molar-refractivity contribution in [1.29, 1.82) is 0 Å². The first kappa shape index (κ1) is 16.5. The maximum absolute atomic E-state index is 11.8. The van der Waals surface area contributed by atoms with E-state index in [1.54, 1.807) is 6.92 Å². The van der Waals surface area contributed by atoms with Crippen molar-refractivity contribution in [2.45, 2.75) is 20.0 Å². The van der Waals surface area contributed by atoms with Gasteiger partial charge in [0.1, 0.15) is 11.5 Å². The van der Waals surface area contributed by atoms with E-state index in [1.807, 2.05) is 54.6 Å². The topological polar surface area (TPSA) is 89.3 Å². The first-order chi connectivity index (χ1) is 12.2. The van der Waals surface area contributed by atoms with E-state index in [0.717, 1.165) is 17.1 Å². The van der Waals surface area contributed by atoms with Gasteiger partial charge in [0.05, 0.1) is 6.54 Å². The summed E-state index contributed by atoms with van der Waals surface area (Å²) >= 11 is 0. The third-order valence-corrected chi connectivity index (χ3v) is 3.33. The highest BCUT2D eigenvalue weighted by Crippen LogP contribution is 2.20. The highest BCUT2D eigenvalue weighted by atomic mass is 16.5. The molecule has 3 aromatic rings. The molecule has 0 saturated heterocycles. The molecule has 2 amide bonds. The zero-order valence-electron chi connectivity index (χ0n) is 13.7. The molecule has 1 aromatic heterocycles. The number of hydrogen-bond acceptors (Lipinski definition) is 5. The van der Waals surface area contributed by atoms with Gasteiger partial charge in [0, 0.05) is 6.54 Å². The molecule has 0 fully saturated rings. The summed E-state index contributed by atoms with van der Waals surface area (Å²) < 4.78 is 10.6. The lowest BCUT2D eigenvalue weighted by Crippen LogP contribution is -2.34. The van der Waals surface area contributed by atoms with E-state index in [9.17, 15) is 4.79 Å². The van der Waals surface area contributed by atoms with Crippen LogP contribution in [0, 0.1) is 6.92 Å². The molecule has 0 radical (unpaired) electrons.